The molecule has 3 heterocycles. The standard InChI is InChI=1S/C25H33N3O7/c1-3-10-28(35-11-4-2)23(29)15-27-14-18(17-5-7-20-21(13-17)34-16-33-20)24(25(30)31)19(27)6-8-22-26-9-12-32-22/h5,7,9,12-13,18-19,24H,3-4,6,8,10-11,14-16H2,1-2H3,(H,30,31)/t18-,19+,24?/m1/s1. The number of nitrogens with zero attached hydrogens (tertiary/aromatic N) is 3. The fraction of sp³-hybridized carbons (Fsp3) is 0.560. The van der Waals surface area contributed by atoms with Crippen molar-refractivity contribution in [2.24, 2.45) is 5.92 Å². The molecule has 190 valence electrons. The van der Waals surface area contributed by atoms with Crippen LogP contribution in [0.3, 0.4) is 0 Å². The van der Waals surface area contributed by atoms with Crippen LogP contribution in [0.4, 0.5) is 0 Å². The van der Waals surface area contributed by atoms with Crippen LogP contribution in [-0.4, -0.2) is 71.0 Å². The predicted molar refractivity (Wildman–Crippen MR) is 125 cm³/mol. The SMILES string of the molecule is CCCON(CCC)C(=O)CN1C[C@H](c2ccc3c(c2)OCO3)C(C(=O)O)[C@@H]1CCc1ncco1. The van der Waals surface area contributed by atoms with E-state index in [0.717, 1.165) is 18.4 Å². The van der Waals surface area contributed by atoms with Gasteiger partial charge in [0.05, 0.1) is 25.3 Å². The molecular weight excluding hydrogens is 454 g/mol. The molecule has 1 aromatic heterocycles. The first-order valence-electron chi connectivity index (χ1n) is 12.2. The smallest absolute Gasteiger partial charge is 0.308 e. The lowest BCUT2D eigenvalue weighted by Crippen LogP contribution is -2.44. The topological polar surface area (TPSA) is 115 Å². The van der Waals surface area contributed by atoms with E-state index in [1.807, 2.05) is 36.9 Å². The van der Waals surface area contributed by atoms with Gasteiger partial charge in [0.15, 0.2) is 17.4 Å². The van der Waals surface area contributed by atoms with Crippen LogP contribution in [0.1, 0.15) is 50.5 Å². The Labute approximate surface area is 204 Å². The molecule has 1 amide bonds. The van der Waals surface area contributed by atoms with E-state index < -0.39 is 11.9 Å². The van der Waals surface area contributed by atoms with Crippen molar-refractivity contribution in [1.82, 2.24) is 14.9 Å². The Morgan fingerprint density at radius 2 is 2.06 bits per heavy atom. The Morgan fingerprint density at radius 3 is 2.77 bits per heavy atom. The van der Waals surface area contributed by atoms with Gasteiger partial charge in [0.1, 0.15) is 6.26 Å². The number of hydrogen-bond donors (Lipinski definition) is 1. The van der Waals surface area contributed by atoms with E-state index >= 15 is 0 Å². The van der Waals surface area contributed by atoms with E-state index in [1.54, 1.807) is 6.20 Å². The summed E-state index contributed by atoms with van der Waals surface area (Å²) in [5.41, 5.74) is 0.852. The van der Waals surface area contributed by atoms with Crippen LogP contribution in [0.25, 0.3) is 0 Å². The van der Waals surface area contributed by atoms with Gasteiger partial charge in [0, 0.05) is 31.5 Å². The highest BCUT2D eigenvalue weighted by Gasteiger charge is 2.47. The molecular formula is C25H33N3O7. The van der Waals surface area contributed by atoms with Gasteiger partial charge < -0.3 is 19.0 Å². The molecule has 2 aliphatic rings. The Bertz CT molecular complexity index is 997. The third-order valence-electron chi connectivity index (χ3n) is 6.49. The highest BCUT2D eigenvalue weighted by molar-refractivity contribution is 5.78. The molecule has 1 aromatic carbocycles. The van der Waals surface area contributed by atoms with Crippen molar-refractivity contribution in [2.75, 3.05) is 33.0 Å². The molecule has 2 aliphatic heterocycles. The van der Waals surface area contributed by atoms with E-state index in [2.05, 4.69) is 4.98 Å². The molecule has 1 fully saturated rings. The minimum Gasteiger partial charge on any atom is -0.481 e. The minimum atomic E-state index is -0.896. The predicted octanol–water partition coefficient (Wildman–Crippen LogP) is 3.08. The molecule has 1 unspecified atom stereocenters. The first kappa shape index (κ1) is 25.0. The van der Waals surface area contributed by atoms with Crippen LogP contribution in [0.2, 0.25) is 0 Å². The molecule has 0 aliphatic carbocycles. The fourth-order valence-electron chi connectivity index (χ4n) is 4.90. The summed E-state index contributed by atoms with van der Waals surface area (Å²) in [4.78, 5) is 37.6. The summed E-state index contributed by atoms with van der Waals surface area (Å²) >= 11 is 0. The largest absolute Gasteiger partial charge is 0.481 e. The number of amides is 1. The number of carbonyl (C=O) groups is 2. The van der Waals surface area contributed by atoms with Crippen LogP contribution in [0.5, 0.6) is 11.5 Å². The average molecular weight is 488 g/mol. The molecule has 10 heteroatoms. The fourth-order valence-corrected chi connectivity index (χ4v) is 4.90. The van der Waals surface area contributed by atoms with Gasteiger partial charge in [0.25, 0.3) is 5.91 Å². The molecule has 3 atom stereocenters. The van der Waals surface area contributed by atoms with Gasteiger partial charge in [-0.3, -0.25) is 19.3 Å². The number of aryl methyl sites for hydroxylation is 1. The summed E-state index contributed by atoms with van der Waals surface area (Å²) in [6.45, 7) is 5.56. The highest BCUT2D eigenvalue weighted by atomic mass is 16.7. The summed E-state index contributed by atoms with van der Waals surface area (Å²) < 4.78 is 16.3. The molecule has 0 radical (unpaired) electrons. The molecule has 1 saturated heterocycles. The molecule has 0 bridgehead atoms. The Balaban J connectivity index is 1.58. The number of aliphatic carboxylic acids is 1. The van der Waals surface area contributed by atoms with Gasteiger partial charge >= 0.3 is 5.97 Å². The van der Waals surface area contributed by atoms with Crippen molar-refractivity contribution in [3.05, 3.63) is 42.1 Å². The summed E-state index contributed by atoms with van der Waals surface area (Å²) in [7, 11) is 0. The van der Waals surface area contributed by atoms with E-state index in [1.165, 1.54) is 11.3 Å². The molecule has 35 heavy (non-hydrogen) atoms. The maximum Gasteiger partial charge on any atom is 0.308 e. The van der Waals surface area contributed by atoms with Crippen molar-refractivity contribution >= 4 is 11.9 Å². The molecule has 0 spiro atoms. The summed E-state index contributed by atoms with van der Waals surface area (Å²) in [6.07, 6.45) is 5.61. The van der Waals surface area contributed by atoms with Gasteiger partial charge in [-0.15, -0.1) is 0 Å². The van der Waals surface area contributed by atoms with Crippen molar-refractivity contribution in [3.63, 3.8) is 0 Å². The highest BCUT2D eigenvalue weighted by Crippen LogP contribution is 2.43. The van der Waals surface area contributed by atoms with Gasteiger partial charge in [-0.1, -0.05) is 19.9 Å². The maximum absolute atomic E-state index is 13.2. The number of aromatic nitrogens is 1. The van der Waals surface area contributed by atoms with E-state index in [-0.39, 0.29) is 31.2 Å². The lowest BCUT2D eigenvalue weighted by atomic mass is 9.83. The van der Waals surface area contributed by atoms with Crippen molar-refractivity contribution < 1.29 is 33.4 Å². The summed E-state index contributed by atoms with van der Waals surface area (Å²) in [5, 5.41) is 11.7. The second-order valence-corrected chi connectivity index (χ2v) is 8.87. The summed E-state index contributed by atoms with van der Waals surface area (Å²) in [5.74, 6) is -0.292. The third kappa shape index (κ3) is 5.76. The number of likely N-dealkylation sites (tertiary alicyclic amines) is 1. The Hall–Kier alpha value is -3.11. The first-order valence-corrected chi connectivity index (χ1v) is 12.2. The van der Waals surface area contributed by atoms with Gasteiger partial charge in [0.2, 0.25) is 6.79 Å². The van der Waals surface area contributed by atoms with Gasteiger partial charge in [-0.2, -0.15) is 0 Å². The van der Waals surface area contributed by atoms with Crippen molar-refractivity contribution in [1.29, 1.82) is 0 Å². The number of carboxylic acid groups (broad SMARTS) is 1. The van der Waals surface area contributed by atoms with Crippen molar-refractivity contribution in [3.8, 4) is 11.5 Å². The number of ether oxygens (including phenoxy) is 2. The molecule has 10 nitrogen and oxygen atoms in total. The number of carbonyl (C=O) groups excluding carboxylic acids is 1. The number of fused-ring (bicyclic) bond motifs is 1. The zero-order valence-electron chi connectivity index (χ0n) is 20.2. The molecule has 0 saturated carbocycles. The summed E-state index contributed by atoms with van der Waals surface area (Å²) in [6, 6.07) is 5.17. The van der Waals surface area contributed by atoms with Crippen LogP contribution < -0.4 is 9.47 Å². The number of hydroxylamine groups is 2. The number of hydrogen-bond acceptors (Lipinski definition) is 8. The molecule has 4 rings (SSSR count). The van der Waals surface area contributed by atoms with Gasteiger partial charge in [-0.25, -0.2) is 10.0 Å². The lowest BCUT2D eigenvalue weighted by molar-refractivity contribution is -0.188. The number of rotatable bonds is 12. The van der Waals surface area contributed by atoms with Crippen molar-refractivity contribution in [2.45, 2.75) is 51.5 Å². The van der Waals surface area contributed by atoms with E-state index in [9.17, 15) is 14.7 Å². The number of benzene rings is 1. The second kappa shape index (κ2) is 11.5. The number of oxazole rings is 1. The van der Waals surface area contributed by atoms with Gasteiger partial charge in [-0.05, 0) is 37.0 Å². The van der Waals surface area contributed by atoms with E-state index in [4.69, 9.17) is 18.7 Å². The lowest BCUT2D eigenvalue weighted by Gasteiger charge is -2.28. The van der Waals surface area contributed by atoms with Crippen LogP contribution in [-0.2, 0) is 20.8 Å². The second-order valence-electron chi connectivity index (χ2n) is 8.87. The van der Waals surface area contributed by atoms with Crippen LogP contribution in [0, 0.1) is 5.92 Å². The quantitative estimate of drug-likeness (QED) is 0.451. The van der Waals surface area contributed by atoms with E-state index in [0.29, 0.717) is 49.9 Å². The van der Waals surface area contributed by atoms with Crippen LogP contribution >= 0.6 is 0 Å². The zero-order chi connectivity index (χ0) is 24.8. The molecule has 1 N–H and O–H groups in total. The normalized spacial score (nSPS) is 21.4. The Kier molecular flexibility index (Phi) is 8.25. The monoisotopic (exact) mass is 487 g/mol. The number of carboxylic acids is 1. The third-order valence-corrected chi connectivity index (χ3v) is 6.49. The first-order chi connectivity index (χ1) is 17.0. The molecule has 2 aromatic rings. The maximum atomic E-state index is 13.2. The average Bonchev–Trinajstić information content (AvgIpc) is 3.59. The Morgan fingerprint density at radius 1 is 1.23 bits per heavy atom. The zero-order valence-corrected chi connectivity index (χ0v) is 20.2. The van der Waals surface area contributed by atoms with Crippen LogP contribution in [0.15, 0.2) is 35.1 Å². The minimum absolute atomic E-state index is 0.0742.